The van der Waals surface area contributed by atoms with Gasteiger partial charge in [-0.3, -0.25) is 9.88 Å². The molecule has 0 radical (unpaired) electrons. The van der Waals surface area contributed by atoms with Gasteiger partial charge < -0.3 is 5.32 Å². The summed E-state index contributed by atoms with van der Waals surface area (Å²) in [6.45, 7) is 14.6. The van der Waals surface area contributed by atoms with Crippen molar-refractivity contribution in [2.24, 2.45) is 5.92 Å². The summed E-state index contributed by atoms with van der Waals surface area (Å²) in [6.07, 6.45) is 6.38. The van der Waals surface area contributed by atoms with Crippen molar-refractivity contribution in [1.82, 2.24) is 15.2 Å². The van der Waals surface area contributed by atoms with Crippen molar-refractivity contribution in [3.05, 3.63) is 29.6 Å². The van der Waals surface area contributed by atoms with E-state index in [-0.39, 0.29) is 5.54 Å². The SMILES string of the molecule is CCC1(C)CN(Cc2cncc(C)c2)C(CC(C)C)CN1. The van der Waals surface area contributed by atoms with Gasteiger partial charge in [0.05, 0.1) is 0 Å². The van der Waals surface area contributed by atoms with E-state index in [2.05, 4.69) is 55.9 Å². The zero-order chi connectivity index (χ0) is 15.5. The lowest BCUT2D eigenvalue weighted by Gasteiger charge is -2.46. The highest BCUT2D eigenvalue weighted by Crippen LogP contribution is 2.24. The highest BCUT2D eigenvalue weighted by molar-refractivity contribution is 5.17. The smallest absolute Gasteiger partial charge is 0.0313 e. The summed E-state index contributed by atoms with van der Waals surface area (Å²) in [6, 6.07) is 2.90. The van der Waals surface area contributed by atoms with E-state index in [0.717, 1.165) is 25.6 Å². The fourth-order valence-electron chi connectivity index (χ4n) is 3.26. The van der Waals surface area contributed by atoms with Gasteiger partial charge in [0.2, 0.25) is 0 Å². The van der Waals surface area contributed by atoms with Gasteiger partial charge in [0, 0.05) is 43.6 Å². The van der Waals surface area contributed by atoms with Gasteiger partial charge in [0.1, 0.15) is 0 Å². The third-order valence-electron chi connectivity index (χ3n) is 4.67. The van der Waals surface area contributed by atoms with E-state index in [0.29, 0.717) is 6.04 Å². The summed E-state index contributed by atoms with van der Waals surface area (Å²) >= 11 is 0. The minimum Gasteiger partial charge on any atom is -0.309 e. The Balaban J connectivity index is 2.12. The summed E-state index contributed by atoms with van der Waals surface area (Å²) in [5.41, 5.74) is 2.83. The molecule has 3 nitrogen and oxygen atoms in total. The molecule has 2 unspecified atom stereocenters. The molecule has 0 aliphatic carbocycles. The van der Waals surface area contributed by atoms with E-state index in [1.54, 1.807) is 0 Å². The van der Waals surface area contributed by atoms with Gasteiger partial charge in [-0.15, -0.1) is 0 Å². The van der Waals surface area contributed by atoms with E-state index < -0.39 is 0 Å². The van der Waals surface area contributed by atoms with E-state index in [9.17, 15) is 0 Å². The molecule has 1 fully saturated rings. The topological polar surface area (TPSA) is 28.2 Å². The second kappa shape index (κ2) is 6.89. The van der Waals surface area contributed by atoms with Crippen LogP contribution in [0.15, 0.2) is 18.5 Å². The zero-order valence-corrected chi connectivity index (χ0v) is 14.3. The molecule has 1 N–H and O–H groups in total. The number of hydrogen-bond donors (Lipinski definition) is 1. The van der Waals surface area contributed by atoms with Crippen LogP contribution < -0.4 is 5.32 Å². The Bertz CT molecular complexity index is 458. The molecular weight excluding hydrogens is 258 g/mol. The monoisotopic (exact) mass is 289 g/mol. The second-order valence-electron chi connectivity index (χ2n) is 7.35. The van der Waals surface area contributed by atoms with E-state index >= 15 is 0 Å². The van der Waals surface area contributed by atoms with Crippen LogP contribution in [0.4, 0.5) is 0 Å². The summed E-state index contributed by atoms with van der Waals surface area (Å²) < 4.78 is 0. The molecule has 1 aliphatic rings. The Morgan fingerprint density at radius 3 is 2.81 bits per heavy atom. The molecule has 0 amide bonds. The first-order valence-corrected chi connectivity index (χ1v) is 8.31. The van der Waals surface area contributed by atoms with Crippen molar-refractivity contribution in [1.29, 1.82) is 0 Å². The van der Waals surface area contributed by atoms with Gasteiger partial charge in [-0.1, -0.05) is 26.8 Å². The molecule has 2 rings (SSSR count). The number of hydrogen-bond acceptors (Lipinski definition) is 3. The normalized spacial score (nSPS) is 27.2. The van der Waals surface area contributed by atoms with Crippen LogP contribution in [0.3, 0.4) is 0 Å². The predicted molar refractivity (Wildman–Crippen MR) is 89.3 cm³/mol. The maximum Gasteiger partial charge on any atom is 0.0313 e. The maximum atomic E-state index is 4.35. The molecule has 2 heterocycles. The third kappa shape index (κ3) is 4.52. The number of rotatable bonds is 5. The average molecular weight is 289 g/mol. The summed E-state index contributed by atoms with van der Waals surface area (Å²) in [4.78, 5) is 7.01. The Kier molecular flexibility index (Phi) is 5.39. The lowest BCUT2D eigenvalue weighted by atomic mass is 9.90. The quantitative estimate of drug-likeness (QED) is 0.900. The van der Waals surface area contributed by atoms with Crippen molar-refractivity contribution < 1.29 is 0 Å². The summed E-state index contributed by atoms with van der Waals surface area (Å²) in [5.74, 6) is 0.737. The van der Waals surface area contributed by atoms with Gasteiger partial charge in [-0.25, -0.2) is 0 Å². The molecule has 0 aromatic carbocycles. The first kappa shape index (κ1) is 16.4. The van der Waals surface area contributed by atoms with Gasteiger partial charge >= 0.3 is 0 Å². The number of aryl methyl sites for hydroxylation is 1. The second-order valence-corrected chi connectivity index (χ2v) is 7.35. The molecule has 21 heavy (non-hydrogen) atoms. The molecule has 0 saturated carbocycles. The molecular formula is C18H31N3. The number of piperazine rings is 1. The standard InChI is InChI=1S/C18H31N3/c1-6-18(5)13-21(17(11-20-18)7-14(2)3)12-16-8-15(4)9-19-10-16/h8-10,14,17,20H,6-7,11-13H2,1-5H3. The predicted octanol–water partition coefficient (Wildman–Crippen LogP) is 3.38. The van der Waals surface area contributed by atoms with Crippen molar-refractivity contribution >= 4 is 0 Å². The van der Waals surface area contributed by atoms with Crippen molar-refractivity contribution in [2.75, 3.05) is 13.1 Å². The van der Waals surface area contributed by atoms with E-state index in [1.807, 2.05) is 12.4 Å². The van der Waals surface area contributed by atoms with Crippen LogP contribution in [-0.2, 0) is 6.54 Å². The number of nitrogens with one attached hydrogen (secondary N) is 1. The largest absolute Gasteiger partial charge is 0.309 e. The fraction of sp³-hybridized carbons (Fsp3) is 0.722. The number of nitrogens with zero attached hydrogens (tertiary/aromatic N) is 2. The Hall–Kier alpha value is -0.930. The summed E-state index contributed by atoms with van der Waals surface area (Å²) in [7, 11) is 0. The average Bonchev–Trinajstić information content (AvgIpc) is 2.42. The van der Waals surface area contributed by atoms with Gasteiger partial charge in [-0.05, 0) is 43.7 Å². The van der Waals surface area contributed by atoms with Crippen molar-refractivity contribution in [3.63, 3.8) is 0 Å². The molecule has 2 atom stereocenters. The first-order chi connectivity index (χ1) is 9.92. The first-order valence-electron chi connectivity index (χ1n) is 8.31. The fourth-order valence-corrected chi connectivity index (χ4v) is 3.26. The number of aromatic nitrogens is 1. The summed E-state index contributed by atoms with van der Waals surface area (Å²) in [5, 5.41) is 3.77. The van der Waals surface area contributed by atoms with Crippen molar-refractivity contribution in [3.8, 4) is 0 Å². The molecule has 3 heteroatoms. The van der Waals surface area contributed by atoms with E-state index in [4.69, 9.17) is 0 Å². The lowest BCUT2D eigenvalue weighted by Crippen LogP contribution is -2.62. The lowest BCUT2D eigenvalue weighted by molar-refractivity contribution is 0.0663. The van der Waals surface area contributed by atoms with E-state index in [1.165, 1.54) is 24.0 Å². The Labute approximate surface area is 130 Å². The van der Waals surface area contributed by atoms with Crippen LogP contribution >= 0.6 is 0 Å². The molecule has 1 aliphatic heterocycles. The molecule has 0 spiro atoms. The minimum absolute atomic E-state index is 0.241. The van der Waals surface area contributed by atoms with Gasteiger partial charge in [0.25, 0.3) is 0 Å². The third-order valence-corrected chi connectivity index (χ3v) is 4.67. The molecule has 0 bridgehead atoms. The van der Waals surface area contributed by atoms with Crippen molar-refractivity contribution in [2.45, 2.75) is 65.6 Å². The van der Waals surface area contributed by atoms with Gasteiger partial charge in [-0.2, -0.15) is 0 Å². The van der Waals surface area contributed by atoms with Crippen LogP contribution in [-0.4, -0.2) is 34.6 Å². The molecule has 1 saturated heterocycles. The molecule has 1 aromatic heterocycles. The zero-order valence-electron chi connectivity index (χ0n) is 14.3. The Morgan fingerprint density at radius 1 is 1.43 bits per heavy atom. The highest BCUT2D eigenvalue weighted by atomic mass is 15.2. The van der Waals surface area contributed by atoms with Gasteiger partial charge in [0.15, 0.2) is 0 Å². The van der Waals surface area contributed by atoms with Crippen LogP contribution in [0.5, 0.6) is 0 Å². The van der Waals surface area contributed by atoms with Crippen LogP contribution in [0.25, 0.3) is 0 Å². The van der Waals surface area contributed by atoms with Crippen LogP contribution in [0, 0.1) is 12.8 Å². The number of pyridine rings is 1. The minimum atomic E-state index is 0.241. The Morgan fingerprint density at radius 2 is 2.19 bits per heavy atom. The molecule has 118 valence electrons. The highest BCUT2D eigenvalue weighted by Gasteiger charge is 2.34. The molecule has 1 aromatic rings. The van der Waals surface area contributed by atoms with Crippen LogP contribution in [0.2, 0.25) is 0 Å². The van der Waals surface area contributed by atoms with Crippen LogP contribution in [0.1, 0.15) is 51.7 Å². The maximum absolute atomic E-state index is 4.35.